The van der Waals surface area contributed by atoms with E-state index >= 15 is 0 Å². The van der Waals surface area contributed by atoms with Crippen LogP contribution in [0.4, 0.5) is 0 Å². The number of halogens is 1. The van der Waals surface area contributed by atoms with Crippen molar-refractivity contribution in [3.8, 4) is 17.6 Å². The fourth-order valence-corrected chi connectivity index (χ4v) is 5.94. The van der Waals surface area contributed by atoms with Crippen molar-refractivity contribution >= 4 is 39.8 Å². The van der Waals surface area contributed by atoms with Gasteiger partial charge in [-0.2, -0.15) is 0 Å². The second-order valence-electron chi connectivity index (χ2n) is 9.26. The Morgan fingerprint density at radius 2 is 2.14 bits per heavy atom. The summed E-state index contributed by atoms with van der Waals surface area (Å²) in [6.45, 7) is 2.39. The highest BCUT2D eigenvalue weighted by Gasteiger charge is 2.30. The van der Waals surface area contributed by atoms with Crippen LogP contribution in [-0.4, -0.2) is 52.8 Å². The van der Waals surface area contributed by atoms with Crippen LogP contribution in [-0.2, 0) is 4.79 Å². The average Bonchev–Trinajstić information content (AvgIpc) is 3.30. The third-order valence-electron chi connectivity index (χ3n) is 6.94. The van der Waals surface area contributed by atoms with E-state index in [9.17, 15) is 15.0 Å². The summed E-state index contributed by atoms with van der Waals surface area (Å²) in [5.74, 6) is 7.00. The van der Waals surface area contributed by atoms with Gasteiger partial charge in [-0.3, -0.25) is 14.7 Å². The first-order valence-electron chi connectivity index (χ1n) is 12.2. The number of rotatable bonds is 9. The molecule has 190 valence electrons. The van der Waals surface area contributed by atoms with Gasteiger partial charge in [0.25, 0.3) is 0 Å². The predicted octanol–water partition coefficient (Wildman–Crippen LogP) is 5.63. The molecule has 3 heterocycles. The number of carboxylic acids is 1. The third kappa shape index (κ3) is 6.98. The number of hydrogen-bond donors (Lipinski definition) is 2. The minimum Gasteiger partial charge on any atom is -0.497 e. The van der Waals surface area contributed by atoms with Crippen LogP contribution in [0.3, 0.4) is 0 Å². The maximum Gasteiger partial charge on any atom is 0.303 e. The van der Waals surface area contributed by atoms with Crippen molar-refractivity contribution in [1.82, 2.24) is 9.88 Å². The molecule has 1 aliphatic rings. The van der Waals surface area contributed by atoms with Crippen molar-refractivity contribution in [2.45, 2.75) is 38.2 Å². The van der Waals surface area contributed by atoms with Gasteiger partial charge in [-0.25, -0.2) is 0 Å². The maximum atomic E-state index is 11.3. The Hall–Kier alpha value is -2.63. The Morgan fingerprint density at radius 3 is 2.89 bits per heavy atom. The zero-order valence-corrected chi connectivity index (χ0v) is 21.9. The topological polar surface area (TPSA) is 82.9 Å². The first kappa shape index (κ1) is 26.4. The SMILES string of the molecule is COc1ccc2nccc([C@@H](O)CCC3CCN(CC#Cc4ccc(Cl)s4)CC3CCC(=O)O)c2c1. The number of aromatic nitrogens is 1. The van der Waals surface area contributed by atoms with Crippen LogP contribution in [0, 0.1) is 23.7 Å². The largest absolute Gasteiger partial charge is 0.497 e. The van der Waals surface area contributed by atoms with Gasteiger partial charge in [0.05, 0.1) is 34.5 Å². The Balaban J connectivity index is 1.39. The number of carbonyl (C=O) groups is 1. The van der Waals surface area contributed by atoms with E-state index in [-0.39, 0.29) is 12.3 Å². The van der Waals surface area contributed by atoms with Crippen LogP contribution in [0.5, 0.6) is 5.75 Å². The molecule has 2 N–H and O–H groups in total. The summed E-state index contributed by atoms with van der Waals surface area (Å²) in [7, 11) is 1.63. The molecule has 0 aliphatic carbocycles. The van der Waals surface area contributed by atoms with Crippen LogP contribution < -0.4 is 4.74 Å². The molecule has 6 nitrogen and oxygen atoms in total. The molecule has 3 aromatic rings. The van der Waals surface area contributed by atoms with Crippen LogP contribution in [0.25, 0.3) is 10.9 Å². The summed E-state index contributed by atoms with van der Waals surface area (Å²) in [5.41, 5.74) is 1.67. The highest BCUT2D eigenvalue weighted by atomic mass is 35.5. The number of aliphatic carboxylic acids is 1. The van der Waals surface area contributed by atoms with Gasteiger partial charge in [0, 0.05) is 24.5 Å². The molecule has 2 unspecified atom stereocenters. The van der Waals surface area contributed by atoms with E-state index in [1.165, 1.54) is 11.3 Å². The van der Waals surface area contributed by atoms with Crippen LogP contribution >= 0.6 is 22.9 Å². The van der Waals surface area contributed by atoms with Gasteiger partial charge in [-0.15, -0.1) is 11.3 Å². The Kier molecular flexibility index (Phi) is 9.22. The zero-order valence-electron chi connectivity index (χ0n) is 20.3. The summed E-state index contributed by atoms with van der Waals surface area (Å²) in [4.78, 5) is 19.0. The molecule has 3 atom stereocenters. The number of hydrogen-bond acceptors (Lipinski definition) is 6. The number of fused-ring (bicyclic) bond motifs is 1. The summed E-state index contributed by atoms with van der Waals surface area (Å²) in [6, 6.07) is 11.3. The van der Waals surface area contributed by atoms with Gasteiger partial charge in [0.1, 0.15) is 5.75 Å². The highest BCUT2D eigenvalue weighted by molar-refractivity contribution is 7.16. The first-order valence-corrected chi connectivity index (χ1v) is 13.4. The van der Waals surface area contributed by atoms with Crippen molar-refractivity contribution < 1.29 is 19.7 Å². The molecule has 8 heteroatoms. The molecular formula is C28H31ClN2O4S. The lowest BCUT2D eigenvalue weighted by atomic mass is 9.79. The lowest BCUT2D eigenvalue weighted by Gasteiger charge is -2.38. The zero-order chi connectivity index (χ0) is 25.5. The first-order chi connectivity index (χ1) is 17.4. The number of benzene rings is 1. The predicted molar refractivity (Wildman–Crippen MR) is 144 cm³/mol. The molecule has 0 spiro atoms. The van der Waals surface area contributed by atoms with Gasteiger partial charge in [-0.05, 0) is 86.0 Å². The van der Waals surface area contributed by atoms with Crippen molar-refractivity contribution in [3.63, 3.8) is 0 Å². The number of aliphatic hydroxyl groups is 1. The van der Waals surface area contributed by atoms with Crippen molar-refractivity contribution in [2.75, 3.05) is 26.7 Å². The van der Waals surface area contributed by atoms with Crippen LogP contribution in [0.2, 0.25) is 4.34 Å². The highest BCUT2D eigenvalue weighted by Crippen LogP contribution is 2.35. The van der Waals surface area contributed by atoms with Gasteiger partial charge in [0.2, 0.25) is 0 Å². The number of ether oxygens (including phenoxy) is 1. The number of pyridine rings is 1. The minimum absolute atomic E-state index is 0.158. The molecule has 1 fully saturated rings. The molecule has 36 heavy (non-hydrogen) atoms. The third-order valence-corrected chi connectivity index (χ3v) is 8.09. The number of nitrogens with zero attached hydrogens (tertiary/aromatic N) is 2. The fourth-order valence-electron chi connectivity index (χ4n) is 5.03. The van der Waals surface area contributed by atoms with Gasteiger partial charge in [-0.1, -0.05) is 23.4 Å². The molecule has 0 amide bonds. The molecule has 1 aromatic carbocycles. The molecule has 1 aliphatic heterocycles. The molecule has 1 saturated heterocycles. The summed E-state index contributed by atoms with van der Waals surface area (Å²) in [6.07, 6.45) is 4.32. The van der Waals surface area contributed by atoms with Crippen molar-refractivity contribution in [3.05, 3.63) is 57.4 Å². The summed E-state index contributed by atoms with van der Waals surface area (Å²) < 4.78 is 6.09. The number of methoxy groups -OCH3 is 1. The normalized spacial score (nSPS) is 19.0. The van der Waals surface area contributed by atoms with E-state index in [2.05, 4.69) is 21.7 Å². The van der Waals surface area contributed by atoms with E-state index in [0.29, 0.717) is 25.3 Å². The quantitative estimate of drug-likeness (QED) is 0.352. The van der Waals surface area contributed by atoms with E-state index in [1.54, 1.807) is 13.3 Å². The number of piperidine rings is 1. The average molecular weight is 527 g/mol. The number of likely N-dealkylation sites (tertiary alicyclic amines) is 1. The second-order valence-corrected chi connectivity index (χ2v) is 11.0. The molecular weight excluding hydrogens is 496 g/mol. The lowest BCUT2D eigenvalue weighted by Crippen LogP contribution is -2.41. The molecule has 0 saturated carbocycles. The Morgan fingerprint density at radius 1 is 1.28 bits per heavy atom. The standard InChI is InChI=1S/C28H31ClN2O4S/c1-35-21-6-8-25-24(17-21)23(12-14-30-25)26(32)9-4-19-13-16-31(18-20(19)5-11-28(33)34)15-2-3-22-7-10-27(29)36-22/h6-8,10,12,14,17,19-20,26,32H,4-5,9,11,13,15-16,18H2,1H3,(H,33,34)/t19?,20?,26-/m0/s1. The molecule has 4 rings (SSSR count). The smallest absolute Gasteiger partial charge is 0.303 e. The van der Waals surface area contributed by atoms with Crippen molar-refractivity contribution in [2.24, 2.45) is 11.8 Å². The van der Waals surface area contributed by atoms with E-state index in [1.807, 2.05) is 36.4 Å². The Labute approximate surface area is 220 Å². The maximum absolute atomic E-state index is 11.3. The number of aliphatic hydroxyl groups excluding tert-OH is 1. The minimum atomic E-state index is -0.766. The van der Waals surface area contributed by atoms with Crippen molar-refractivity contribution in [1.29, 1.82) is 0 Å². The van der Waals surface area contributed by atoms with E-state index in [4.69, 9.17) is 16.3 Å². The summed E-state index contributed by atoms with van der Waals surface area (Å²) >= 11 is 7.45. The molecule has 0 bridgehead atoms. The second kappa shape index (κ2) is 12.6. The van der Waals surface area contributed by atoms with Gasteiger partial charge >= 0.3 is 5.97 Å². The number of carboxylic acid groups (broad SMARTS) is 1. The van der Waals surface area contributed by atoms with Crippen LogP contribution in [0.1, 0.15) is 48.6 Å². The summed E-state index contributed by atoms with van der Waals surface area (Å²) in [5, 5.41) is 21.3. The van der Waals surface area contributed by atoms with E-state index < -0.39 is 12.1 Å². The van der Waals surface area contributed by atoms with Gasteiger partial charge < -0.3 is 14.9 Å². The lowest BCUT2D eigenvalue weighted by molar-refractivity contribution is -0.137. The van der Waals surface area contributed by atoms with Crippen LogP contribution in [0.15, 0.2) is 42.6 Å². The fraction of sp³-hybridized carbons (Fsp3) is 0.429. The van der Waals surface area contributed by atoms with E-state index in [0.717, 1.165) is 57.4 Å². The Bertz CT molecular complexity index is 1250. The monoisotopic (exact) mass is 526 g/mol. The van der Waals surface area contributed by atoms with Gasteiger partial charge in [0.15, 0.2) is 0 Å². The number of thiophene rings is 1. The molecule has 0 radical (unpaired) electrons. The molecule has 2 aromatic heterocycles.